The van der Waals surface area contributed by atoms with Crippen LogP contribution in [0.25, 0.3) is 0 Å². The molecule has 0 radical (unpaired) electrons. The first-order chi connectivity index (χ1) is 11.1. The van der Waals surface area contributed by atoms with E-state index in [4.69, 9.17) is 10.5 Å². The molecule has 0 aromatic heterocycles. The maximum absolute atomic E-state index is 9.47. The van der Waals surface area contributed by atoms with Crippen molar-refractivity contribution in [1.29, 1.82) is 0 Å². The van der Waals surface area contributed by atoms with Gasteiger partial charge in [-0.15, -0.1) is 12.4 Å². The molecule has 0 heterocycles. The van der Waals surface area contributed by atoms with Crippen LogP contribution in [0.3, 0.4) is 0 Å². The number of halogens is 1. The number of aliphatic hydroxyl groups is 1. The van der Waals surface area contributed by atoms with Gasteiger partial charge in [0, 0.05) is 5.54 Å². The van der Waals surface area contributed by atoms with E-state index in [-0.39, 0.29) is 19.0 Å². The summed E-state index contributed by atoms with van der Waals surface area (Å²) >= 11 is 0. The average molecular weight is 358 g/mol. The topological polar surface area (TPSA) is 55.5 Å². The summed E-state index contributed by atoms with van der Waals surface area (Å²) < 4.78 is 5.78. The molecule has 3 N–H and O–H groups in total. The highest BCUT2D eigenvalue weighted by molar-refractivity contribution is 5.85. The van der Waals surface area contributed by atoms with Crippen molar-refractivity contribution in [3.63, 3.8) is 0 Å². The van der Waals surface area contributed by atoms with Crippen molar-refractivity contribution in [2.24, 2.45) is 5.73 Å². The molecule has 4 heteroatoms. The van der Waals surface area contributed by atoms with Gasteiger partial charge in [-0.2, -0.15) is 0 Å². The minimum absolute atomic E-state index is 0. The molecule has 0 saturated heterocycles. The van der Waals surface area contributed by atoms with E-state index >= 15 is 0 Å². The number of aryl methyl sites for hydroxylation is 1. The third-order valence-corrected chi connectivity index (χ3v) is 4.41. The van der Waals surface area contributed by atoms with Crippen molar-refractivity contribution >= 4 is 12.4 Å². The van der Waals surface area contributed by atoms with Gasteiger partial charge in [-0.25, -0.2) is 0 Å². The molecule has 24 heavy (non-hydrogen) atoms. The van der Waals surface area contributed by atoms with Gasteiger partial charge in [-0.1, -0.05) is 58.1 Å². The zero-order valence-corrected chi connectivity index (χ0v) is 16.2. The summed E-state index contributed by atoms with van der Waals surface area (Å²) in [6, 6.07) is 8.29. The largest absolute Gasteiger partial charge is 0.494 e. The molecule has 1 rings (SSSR count). The summed E-state index contributed by atoms with van der Waals surface area (Å²) in [5.74, 6) is 0.943. The molecule has 1 unspecified atom stereocenters. The van der Waals surface area contributed by atoms with E-state index in [2.05, 4.69) is 26.0 Å². The Morgan fingerprint density at radius 3 is 2.21 bits per heavy atom. The van der Waals surface area contributed by atoms with Crippen LogP contribution in [0.15, 0.2) is 24.3 Å². The first kappa shape index (κ1) is 23.2. The lowest BCUT2D eigenvalue weighted by Crippen LogP contribution is -2.43. The predicted octanol–water partition coefficient (Wildman–Crippen LogP) is 4.88. The standard InChI is InChI=1S/C20H35NO2.ClH/c1-3-5-6-7-8-16-23-19-11-9-18(10-12-19)13-15-20(21,17-22)14-4-2;/h9-12,22H,3-8,13-17,21H2,1-2H3;1H. The summed E-state index contributed by atoms with van der Waals surface area (Å²) in [6.45, 7) is 5.19. The molecule has 0 spiro atoms. The molecule has 0 aliphatic rings. The molecular weight excluding hydrogens is 322 g/mol. The van der Waals surface area contributed by atoms with E-state index in [1.54, 1.807) is 0 Å². The highest BCUT2D eigenvalue weighted by Gasteiger charge is 2.22. The maximum Gasteiger partial charge on any atom is 0.119 e. The lowest BCUT2D eigenvalue weighted by Gasteiger charge is -2.26. The molecular formula is C20H36ClNO2. The minimum Gasteiger partial charge on any atom is -0.494 e. The monoisotopic (exact) mass is 357 g/mol. The van der Waals surface area contributed by atoms with Crippen LogP contribution in [0, 0.1) is 0 Å². The summed E-state index contributed by atoms with van der Waals surface area (Å²) in [5, 5.41) is 9.47. The number of hydrogen-bond donors (Lipinski definition) is 2. The molecule has 0 aliphatic heterocycles. The Bertz CT molecular complexity index is 411. The molecule has 1 atom stereocenters. The van der Waals surface area contributed by atoms with E-state index < -0.39 is 5.54 Å². The molecule has 140 valence electrons. The first-order valence-corrected chi connectivity index (χ1v) is 9.25. The molecule has 0 saturated carbocycles. The number of benzene rings is 1. The second kappa shape index (κ2) is 13.5. The summed E-state index contributed by atoms with van der Waals surface area (Å²) in [4.78, 5) is 0. The molecule has 0 aliphatic carbocycles. The van der Waals surface area contributed by atoms with Crippen molar-refractivity contribution < 1.29 is 9.84 Å². The predicted molar refractivity (Wildman–Crippen MR) is 105 cm³/mol. The summed E-state index contributed by atoms with van der Waals surface area (Å²) in [6.07, 6.45) is 9.87. The van der Waals surface area contributed by atoms with Gasteiger partial charge in [-0.05, 0) is 43.4 Å². The summed E-state index contributed by atoms with van der Waals surface area (Å²) in [7, 11) is 0. The van der Waals surface area contributed by atoms with Gasteiger partial charge < -0.3 is 15.6 Å². The van der Waals surface area contributed by atoms with Gasteiger partial charge in [0.1, 0.15) is 5.75 Å². The van der Waals surface area contributed by atoms with E-state index in [0.717, 1.165) is 44.5 Å². The Hall–Kier alpha value is -0.770. The summed E-state index contributed by atoms with van der Waals surface area (Å²) in [5.41, 5.74) is 7.03. The zero-order chi connectivity index (χ0) is 17.0. The highest BCUT2D eigenvalue weighted by Crippen LogP contribution is 2.19. The second-order valence-electron chi connectivity index (χ2n) is 6.68. The van der Waals surface area contributed by atoms with E-state index in [1.807, 2.05) is 12.1 Å². The van der Waals surface area contributed by atoms with Crippen molar-refractivity contribution in [2.45, 2.75) is 77.2 Å². The van der Waals surface area contributed by atoms with Gasteiger partial charge in [-0.3, -0.25) is 0 Å². The van der Waals surface area contributed by atoms with Crippen LogP contribution in [-0.4, -0.2) is 23.9 Å². The van der Waals surface area contributed by atoms with E-state index in [0.29, 0.717) is 0 Å². The number of nitrogens with two attached hydrogens (primary N) is 1. The number of unbranched alkanes of at least 4 members (excludes halogenated alkanes) is 4. The molecule has 1 aromatic rings. The first-order valence-electron chi connectivity index (χ1n) is 9.25. The average Bonchev–Trinajstić information content (AvgIpc) is 2.57. The highest BCUT2D eigenvalue weighted by atomic mass is 35.5. The lowest BCUT2D eigenvalue weighted by atomic mass is 9.89. The number of hydrogen-bond acceptors (Lipinski definition) is 3. The zero-order valence-electron chi connectivity index (χ0n) is 15.4. The van der Waals surface area contributed by atoms with Crippen LogP contribution in [0.2, 0.25) is 0 Å². The molecule has 0 amide bonds. The Morgan fingerprint density at radius 1 is 0.958 bits per heavy atom. The fourth-order valence-corrected chi connectivity index (χ4v) is 2.82. The molecule has 1 aromatic carbocycles. The Labute approximate surface area is 154 Å². The van der Waals surface area contributed by atoms with E-state index in [1.165, 1.54) is 31.2 Å². The minimum atomic E-state index is -0.442. The fourth-order valence-electron chi connectivity index (χ4n) is 2.82. The SMILES string of the molecule is CCCCCCCOc1ccc(CCC(N)(CO)CCC)cc1.Cl. The molecule has 0 bridgehead atoms. The van der Waals surface area contributed by atoms with Crippen LogP contribution in [0.4, 0.5) is 0 Å². The van der Waals surface area contributed by atoms with Crippen LogP contribution >= 0.6 is 12.4 Å². The molecule has 3 nitrogen and oxygen atoms in total. The number of ether oxygens (including phenoxy) is 1. The Balaban J connectivity index is 0.00000529. The van der Waals surface area contributed by atoms with Crippen molar-refractivity contribution in [3.8, 4) is 5.75 Å². The van der Waals surface area contributed by atoms with Crippen molar-refractivity contribution in [2.75, 3.05) is 13.2 Å². The van der Waals surface area contributed by atoms with Gasteiger partial charge in [0.2, 0.25) is 0 Å². The number of aliphatic hydroxyl groups excluding tert-OH is 1. The Kier molecular flexibility index (Phi) is 13.1. The van der Waals surface area contributed by atoms with Gasteiger partial charge in [0.15, 0.2) is 0 Å². The quantitative estimate of drug-likeness (QED) is 0.494. The van der Waals surface area contributed by atoms with Crippen molar-refractivity contribution in [3.05, 3.63) is 29.8 Å². The van der Waals surface area contributed by atoms with Gasteiger partial charge in [0.25, 0.3) is 0 Å². The smallest absolute Gasteiger partial charge is 0.119 e. The van der Waals surface area contributed by atoms with Crippen LogP contribution in [0.1, 0.15) is 70.8 Å². The fraction of sp³-hybridized carbons (Fsp3) is 0.700. The number of rotatable bonds is 13. The third-order valence-electron chi connectivity index (χ3n) is 4.41. The van der Waals surface area contributed by atoms with Crippen molar-refractivity contribution in [1.82, 2.24) is 0 Å². The third kappa shape index (κ3) is 9.51. The van der Waals surface area contributed by atoms with Crippen LogP contribution < -0.4 is 10.5 Å². The van der Waals surface area contributed by atoms with Crippen LogP contribution in [0.5, 0.6) is 5.75 Å². The Morgan fingerprint density at radius 2 is 1.62 bits per heavy atom. The van der Waals surface area contributed by atoms with Gasteiger partial charge in [0.05, 0.1) is 13.2 Å². The van der Waals surface area contributed by atoms with Crippen LogP contribution in [-0.2, 0) is 6.42 Å². The van der Waals surface area contributed by atoms with E-state index in [9.17, 15) is 5.11 Å². The maximum atomic E-state index is 9.47. The molecule has 0 fully saturated rings. The lowest BCUT2D eigenvalue weighted by molar-refractivity contribution is 0.177. The normalized spacial score (nSPS) is 13.2. The second-order valence-corrected chi connectivity index (χ2v) is 6.68. The van der Waals surface area contributed by atoms with Gasteiger partial charge >= 0.3 is 0 Å².